The number of hydrogen-bond acceptors (Lipinski definition) is 3. The van der Waals surface area contributed by atoms with Crippen molar-refractivity contribution in [2.45, 2.75) is 25.8 Å². The van der Waals surface area contributed by atoms with Crippen molar-refractivity contribution in [3.63, 3.8) is 0 Å². The molecule has 96 valence electrons. The van der Waals surface area contributed by atoms with Crippen molar-refractivity contribution in [2.24, 2.45) is 5.73 Å². The van der Waals surface area contributed by atoms with E-state index in [0.717, 1.165) is 12.8 Å². The number of phenols is 1. The smallest absolute Gasteiger partial charge is 0.254 e. The van der Waals surface area contributed by atoms with Gasteiger partial charge in [-0.05, 0) is 31.9 Å². The van der Waals surface area contributed by atoms with Crippen LogP contribution in [0, 0.1) is 6.92 Å². The van der Waals surface area contributed by atoms with Crippen LogP contribution in [0.15, 0.2) is 18.2 Å². The van der Waals surface area contributed by atoms with Crippen LogP contribution in [0.4, 0.5) is 0 Å². The Bertz CT molecular complexity index is 502. The Kier molecular flexibility index (Phi) is 3.52. The fraction of sp³-hybridized carbons (Fsp3) is 0.385. The fourth-order valence-electron chi connectivity index (χ4n) is 2.32. The van der Waals surface area contributed by atoms with Crippen LogP contribution in [-0.2, 0) is 0 Å². The third kappa shape index (κ3) is 2.18. The van der Waals surface area contributed by atoms with Crippen LogP contribution in [0.25, 0.3) is 0 Å². The topological polar surface area (TPSA) is 66.6 Å². The molecule has 4 nitrogen and oxygen atoms in total. The molecule has 18 heavy (non-hydrogen) atoms. The normalized spacial score (nSPS) is 18.9. The first-order valence-corrected chi connectivity index (χ1v) is 6.32. The van der Waals surface area contributed by atoms with Crippen molar-refractivity contribution >= 4 is 23.1 Å². The number of rotatable bonds is 2. The van der Waals surface area contributed by atoms with Crippen molar-refractivity contribution < 1.29 is 9.90 Å². The maximum Gasteiger partial charge on any atom is 0.254 e. The minimum atomic E-state index is -0.158. The molecule has 1 fully saturated rings. The van der Waals surface area contributed by atoms with Crippen LogP contribution < -0.4 is 5.73 Å². The molecule has 0 aliphatic carbocycles. The van der Waals surface area contributed by atoms with E-state index < -0.39 is 0 Å². The number of carbonyl (C=O) groups is 1. The molecule has 0 saturated carbocycles. The molecule has 0 radical (unpaired) electrons. The highest BCUT2D eigenvalue weighted by Gasteiger charge is 2.31. The van der Waals surface area contributed by atoms with Gasteiger partial charge in [0.1, 0.15) is 5.75 Å². The number of amides is 1. The molecule has 3 N–H and O–H groups in total. The average molecular weight is 264 g/mol. The molecule has 1 aliphatic rings. The monoisotopic (exact) mass is 264 g/mol. The van der Waals surface area contributed by atoms with Crippen LogP contribution in [0.2, 0.25) is 0 Å². The number of thiocarbonyl (C=S) groups is 1. The molecule has 1 atom stereocenters. The molecule has 5 heteroatoms. The summed E-state index contributed by atoms with van der Waals surface area (Å²) in [6, 6.07) is 4.80. The van der Waals surface area contributed by atoms with Crippen LogP contribution in [-0.4, -0.2) is 33.5 Å². The van der Waals surface area contributed by atoms with Crippen molar-refractivity contribution in [3.05, 3.63) is 29.3 Å². The lowest BCUT2D eigenvalue weighted by molar-refractivity contribution is 0.0769. The second kappa shape index (κ2) is 4.94. The Morgan fingerprint density at radius 1 is 1.56 bits per heavy atom. The first-order chi connectivity index (χ1) is 8.52. The van der Waals surface area contributed by atoms with Crippen molar-refractivity contribution in [2.75, 3.05) is 6.54 Å². The second-order valence-corrected chi connectivity index (χ2v) is 4.98. The van der Waals surface area contributed by atoms with Gasteiger partial charge in [-0.3, -0.25) is 4.79 Å². The molecule has 0 spiro atoms. The summed E-state index contributed by atoms with van der Waals surface area (Å²) in [7, 11) is 0. The number of aromatic hydroxyl groups is 1. The molecule has 2 rings (SSSR count). The molecule has 1 aromatic rings. The van der Waals surface area contributed by atoms with Gasteiger partial charge in [0.05, 0.1) is 11.0 Å². The minimum Gasteiger partial charge on any atom is -0.508 e. The van der Waals surface area contributed by atoms with Crippen molar-refractivity contribution in [3.8, 4) is 5.75 Å². The first kappa shape index (κ1) is 12.8. The van der Waals surface area contributed by atoms with Gasteiger partial charge in [0.2, 0.25) is 0 Å². The second-order valence-electron chi connectivity index (χ2n) is 4.51. The number of phenolic OH excluding ortho intramolecular Hbond substituents is 1. The summed E-state index contributed by atoms with van der Waals surface area (Å²) in [5, 5.41) is 9.65. The Hall–Kier alpha value is -1.62. The molecule has 1 aliphatic heterocycles. The highest BCUT2D eigenvalue weighted by molar-refractivity contribution is 7.80. The van der Waals surface area contributed by atoms with Crippen LogP contribution in [0.1, 0.15) is 28.8 Å². The quantitative estimate of drug-likeness (QED) is 0.796. The van der Waals surface area contributed by atoms with Crippen LogP contribution in [0.3, 0.4) is 0 Å². The summed E-state index contributed by atoms with van der Waals surface area (Å²) < 4.78 is 0. The van der Waals surface area contributed by atoms with E-state index in [4.69, 9.17) is 18.0 Å². The van der Waals surface area contributed by atoms with Gasteiger partial charge >= 0.3 is 0 Å². The van der Waals surface area contributed by atoms with Gasteiger partial charge in [-0.25, -0.2) is 0 Å². The predicted molar refractivity (Wildman–Crippen MR) is 73.7 cm³/mol. The number of hydrogen-bond donors (Lipinski definition) is 2. The Morgan fingerprint density at radius 2 is 2.28 bits per heavy atom. The SMILES string of the molecule is Cc1c(O)cccc1C(=O)N1CCCC1C(N)=S. The first-order valence-electron chi connectivity index (χ1n) is 5.91. The molecular weight excluding hydrogens is 248 g/mol. The van der Waals surface area contributed by atoms with Gasteiger partial charge < -0.3 is 15.7 Å². The molecular formula is C13H16N2O2S. The van der Waals surface area contributed by atoms with E-state index in [0.29, 0.717) is 22.7 Å². The van der Waals surface area contributed by atoms with Crippen molar-refractivity contribution in [1.82, 2.24) is 4.90 Å². The van der Waals surface area contributed by atoms with Crippen LogP contribution in [0.5, 0.6) is 5.75 Å². The number of benzene rings is 1. The standard InChI is InChI=1S/C13H16N2O2S/c1-8-9(4-2-6-11(8)16)13(17)15-7-3-5-10(15)12(14)18/h2,4,6,10,16H,3,5,7H2,1H3,(H2,14,18). The van der Waals surface area contributed by atoms with E-state index in [1.807, 2.05) is 0 Å². The van der Waals surface area contributed by atoms with Gasteiger partial charge in [-0.2, -0.15) is 0 Å². The summed E-state index contributed by atoms with van der Waals surface area (Å²) in [6.07, 6.45) is 1.73. The third-order valence-electron chi connectivity index (χ3n) is 3.38. The van der Waals surface area contributed by atoms with Gasteiger partial charge in [0.25, 0.3) is 5.91 Å². The third-order valence-corrected chi connectivity index (χ3v) is 3.65. The Balaban J connectivity index is 2.31. The van der Waals surface area contributed by atoms with Crippen molar-refractivity contribution in [1.29, 1.82) is 0 Å². The molecule has 1 amide bonds. The zero-order chi connectivity index (χ0) is 13.3. The number of nitrogens with zero attached hydrogens (tertiary/aromatic N) is 1. The average Bonchev–Trinajstić information content (AvgIpc) is 2.81. The molecule has 0 aromatic heterocycles. The lowest BCUT2D eigenvalue weighted by atomic mass is 10.1. The van der Waals surface area contributed by atoms with E-state index in [2.05, 4.69) is 0 Å². The highest BCUT2D eigenvalue weighted by Crippen LogP contribution is 2.25. The predicted octanol–water partition coefficient (Wildman–Crippen LogP) is 1.59. The molecule has 1 heterocycles. The number of carbonyl (C=O) groups excluding carboxylic acids is 1. The van der Waals surface area contributed by atoms with Crippen LogP contribution >= 0.6 is 12.2 Å². The Morgan fingerprint density at radius 3 is 2.94 bits per heavy atom. The van der Waals surface area contributed by atoms with E-state index in [1.54, 1.807) is 30.0 Å². The summed E-state index contributed by atoms with van der Waals surface area (Å²) in [5.74, 6) is 0.0191. The van der Waals surface area contributed by atoms with Gasteiger partial charge in [0.15, 0.2) is 0 Å². The molecule has 0 bridgehead atoms. The maximum atomic E-state index is 12.4. The summed E-state index contributed by atoms with van der Waals surface area (Å²) in [6.45, 7) is 2.39. The van der Waals surface area contributed by atoms with Gasteiger partial charge in [-0.15, -0.1) is 0 Å². The summed E-state index contributed by atoms with van der Waals surface area (Å²) in [4.78, 5) is 14.5. The van der Waals surface area contributed by atoms with Gasteiger partial charge in [0, 0.05) is 17.7 Å². The molecule has 1 saturated heterocycles. The minimum absolute atomic E-state index is 0.112. The molecule has 1 aromatic carbocycles. The summed E-state index contributed by atoms with van der Waals surface area (Å²) >= 11 is 4.99. The zero-order valence-electron chi connectivity index (χ0n) is 10.2. The summed E-state index contributed by atoms with van der Waals surface area (Å²) in [5.41, 5.74) is 6.77. The largest absolute Gasteiger partial charge is 0.508 e. The molecule has 1 unspecified atom stereocenters. The Labute approximate surface area is 111 Å². The van der Waals surface area contributed by atoms with E-state index in [9.17, 15) is 9.90 Å². The highest BCUT2D eigenvalue weighted by atomic mass is 32.1. The number of nitrogens with two attached hydrogens (primary N) is 1. The van der Waals surface area contributed by atoms with Gasteiger partial charge in [-0.1, -0.05) is 18.3 Å². The van der Waals surface area contributed by atoms with E-state index >= 15 is 0 Å². The van der Waals surface area contributed by atoms with E-state index in [1.165, 1.54) is 0 Å². The zero-order valence-corrected chi connectivity index (χ0v) is 11.0. The van der Waals surface area contributed by atoms with E-state index in [-0.39, 0.29) is 17.7 Å². The maximum absolute atomic E-state index is 12.4. The fourth-order valence-corrected chi connectivity index (χ4v) is 2.56. The lowest BCUT2D eigenvalue weighted by Crippen LogP contribution is -2.43. The number of likely N-dealkylation sites (tertiary alicyclic amines) is 1. The lowest BCUT2D eigenvalue weighted by Gasteiger charge is -2.24.